The number of benzene rings is 1. The molecule has 3 nitrogen and oxygen atoms in total. The number of nitrogen functional groups attached to an aromatic ring is 1. The molecule has 0 aliphatic carbocycles. The molecule has 0 saturated carbocycles. The molecule has 1 rings (SSSR count). The molecule has 16 heavy (non-hydrogen) atoms. The minimum Gasteiger partial charge on any atom is -0.397 e. The lowest BCUT2D eigenvalue weighted by molar-refractivity contribution is 0.153. The minimum absolute atomic E-state index is 0.135. The standard InChI is InChI=1S/C10H13BrF2N2O/c11-7-1-2-9(8(14)5-7)15(3-4-16)6-10(12)13/h1-2,5,10,16H,3-4,6,14H2. The van der Waals surface area contributed by atoms with Gasteiger partial charge in [-0.3, -0.25) is 0 Å². The van der Waals surface area contributed by atoms with Crippen molar-refractivity contribution in [3.8, 4) is 0 Å². The summed E-state index contributed by atoms with van der Waals surface area (Å²) >= 11 is 3.24. The molecule has 0 aliphatic heterocycles. The lowest BCUT2D eigenvalue weighted by Crippen LogP contribution is -2.32. The van der Waals surface area contributed by atoms with Gasteiger partial charge in [-0.05, 0) is 18.2 Å². The van der Waals surface area contributed by atoms with Crippen molar-refractivity contribution in [1.29, 1.82) is 0 Å². The van der Waals surface area contributed by atoms with Gasteiger partial charge in [0.2, 0.25) is 0 Å². The molecule has 1 aromatic carbocycles. The third kappa shape index (κ3) is 3.61. The Kier molecular flexibility index (Phi) is 4.95. The van der Waals surface area contributed by atoms with Crippen LogP contribution >= 0.6 is 15.9 Å². The summed E-state index contributed by atoms with van der Waals surface area (Å²) in [6.07, 6.45) is -2.46. The van der Waals surface area contributed by atoms with Crippen LogP contribution in [-0.2, 0) is 0 Å². The van der Waals surface area contributed by atoms with E-state index in [2.05, 4.69) is 15.9 Å². The molecular formula is C10H13BrF2N2O. The van der Waals surface area contributed by atoms with Crippen LogP contribution < -0.4 is 10.6 Å². The highest BCUT2D eigenvalue weighted by atomic mass is 79.9. The van der Waals surface area contributed by atoms with E-state index in [9.17, 15) is 8.78 Å². The monoisotopic (exact) mass is 294 g/mol. The number of alkyl halides is 2. The summed E-state index contributed by atoms with van der Waals surface area (Å²) < 4.78 is 25.4. The zero-order valence-corrected chi connectivity index (χ0v) is 10.1. The number of halogens is 3. The summed E-state index contributed by atoms with van der Waals surface area (Å²) in [5.41, 5.74) is 6.65. The highest BCUT2D eigenvalue weighted by molar-refractivity contribution is 9.10. The summed E-state index contributed by atoms with van der Waals surface area (Å²) in [6.45, 7) is -0.495. The molecule has 0 unspecified atom stereocenters. The Morgan fingerprint density at radius 1 is 1.44 bits per heavy atom. The quantitative estimate of drug-likeness (QED) is 0.818. The molecule has 0 heterocycles. The third-order valence-corrected chi connectivity index (χ3v) is 2.55. The Hall–Kier alpha value is -0.880. The van der Waals surface area contributed by atoms with Crippen LogP contribution in [0.5, 0.6) is 0 Å². The Balaban J connectivity index is 2.91. The second kappa shape index (κ2) is 6.00. The van der Waals surface area contributed by atoms with Gasteiger partial charge in [0.05, 0.1) is 24.5 Å². The molecule has 90 valence electrons. The first kappa shape index (κ1) is 13.2. The van der Waals surface area contributed by atoms with Crippen LogP contribution in [0.25, 0.3) is 0 Å². The van der Waals surface area contributed by atoms with E-state index >= 15 is 0 Å². The average Bonchev–Trinajstić information content (AvgIpc) is 2.16. The first-order valence-corrected chi connectivity index (χ1v) is 5.53. The van der Waals surface area contributed by atoms with E-state index in [0.29, 0.717) is 11.4 Å². The number of aliphatic hydroxyl groups is 1. The molecule has 0 atom stereocenters. The molecule has 1 aromatic rings. The Morgan fingerprint density at radius 2 is 2.12 bits per heavy atom. The average molecular weight is 295 g/mol. The van der Waals surface area contributed by atoms with E-state index in [1.165, 1.54) is 4.90 Å². The number of rotatable bonds is 5. The van der Waals surface area contributed by atoms with Crippen molar-refractivity contribution >= 4 is 27.3 Å². The van der Waals surface area contributed by atoms with Crippen molar-refractivity contribution in [2.75, 3.05) is 30.3 Å². The maximum atomic E-state index is 12.3. The fourth-order valence-electron chi connectivity index (χ4n) is 1.41. The SMILES string of the molecule is Nc1cc(Br)ccc1N(CCO)CC(F)F. The molecule has 0 aliphatic rings. The van der Waals surface area contributed by atoms with Crippen LogP contribution in [0.4, 0.5) is 20.2 Å². The molecule has 0 aromatic heterocycles. The van der Waals surface area contributed by atoms with Gasteiger partial charge in [0.1, 0.15) is 0 Å². The number of nitrogens with two attached hydrogens (primary N) is 1. The topological polar surface area (TPSA) is 49.5 Å². The normalized spacial score (nSPS) is 10.8. The van der Waals surface area contributed by atoms with Crippen LogP contribution in [0.2, 0.25) is 0 Å². The van der Waals surface area contributed by atoms with Crippen LogP contribution in [0.3, 0.4) is 0 Å². The van der Waals surface area contributed by atoms with Crippen LogP contribution in [0, 0.1) is 0 Å². The molecule has 0 fully saturated rings. The van der Waals surface area contributed by atoms with Gasteiger partial charge in [0, 0.05) is 11.0 Å². The summed E-state index contributed by atoms with van der Waals surface area (Å²) in [4.78, 5) is 1.37. The second-order valence-electron chi connectivity index (χ2n) is 3.26. The molecule has 6 heteroatoms. The molecule has 0 spiro atoms. The highest BCUT2D eigenvalue weighted by Gasteiger charge is 2.14. The van der Waals surface area contributed by atoms with Crippen molar-refractivity contribution in [2.45, 2.75) is 6.43 Å². The second-order valence-corrected chi connectivity index (χ2v) is 4.18. The smallest absolute Gasteiger partial charge is 0.255 e. The van der Waals surface area contributed by atoms with Crippen molar-refractivity contribution in [2.24, 2.45) is 0 Å². The summed E-state index contributed by atoms with van der Waals surface area (Å²) in [7, 11) is 0. The maximum absolute atomic E-state index is 12.3. The van der Waals surface area contributed by atoms with Crippen molar-refractivity contribution in [3.63, 3.8) is 0 Å². The Morgan fingerprint density at radius 3 is 2.62 bits per heavy atom. The van der Waals surface area contributed by atoms with E-state index in [0.717, 1.165) is 4.47 Å². The zero-order chi connectivity index (χ0) is 12.1. The first-order chi connectivity index (χ1) is 7.54. The lowest BCUT2D eigenvalue weighted by Gasteiger charge is -2.24. The van der Waals surface area contributed by atoms with Gasteiger partial charge in [0.25, 0.3) is 6.43 Å². The molecule has 3 N–H and O–H groups in total. The van der Waals surface area contributed by atoms with Crippen molar-refractivity contribution < 1.29 is 13.9 Å². The number of nitrogens with zero attached hydrogens (tertiary/aromatic N) is 1. The van der Waals surface area contributed by atoms with Gasteiger partial charge in [-0.2, -0.15) is 0 Å². The van der Waals surface area contributed by atoms with E-state index in [4.69, 9.17) is 10.8 Å². The lowest BCUT2D eigenvalue weighted by atomic mass is 10.2. The summed E-state index contributed by atoms with van der Waals surface area (Å²) in [6, 6.07) is 5.02. The van der Waals surface area contributed by atoms with Gasteiger partial charge < -0.3 is 15.7 Å². The molecule has 0 amide bonds. The van der Waals surface area contributed by atoms with Crippen LogP contribution in [0.1, 0.15) is 0 Å². The van der Waals surface area contributed by atoms with E-state index in [-0.39, 0.29) is 13.2 Å². The predicted octanol–water partition coefficient (Wildman–Crippen LogP) is 2.10. The number of aliphatic hydroxyl groups excluding tert-OH is 1. The van der Waals surface area contributed by atoms with Crippen LogP contribution in [-0.4, -0.2) is 31.2 Å². The largest absolute Gasteiger partial charge is 0.397 e. The molecule has 0 saturated heterocycles. The molecule has 0 radical (unpaired) electrons. The van der Waals surface area contributed by atoms with E-state index < -0.39 is 13.0 Å². The first-order valence-electron chi connectivity index (χ1n) is 4.73. The van der Waals surface area contributed by atoms with Crippen molar-refractivity contribution in [3.05, 3.63) is 22.7 Å². The minimum atomic E-state index is -2.46. The number of anilines is 2. The van der Waals surface area contributed by atoms with Gasteiger partial charge >= 0.3 is 0 Å². The van der Waals surface area contributed by atoms with E-state index in [1.54, 1.807) is 18.2 Å². The fraction of sp³-hybridized carbons (Fsp3) is 0.400. The maximum Gasteiger partial charge on any atom is 0.255 e. The number of hydrogen-bond acceptors (Lipinski definition) is 3. The predicted molar refractivity (Wildman–Crippen MR) is 63.9 cm³/mol. The number of hydrogen-bond donors (Lipinski definition) is 2. The molecule has 0 bridgehead atoms. The Labute approximate surface area is 101 Å². The highest BCUT2D eigenvalue weighted by Crippen LogP contribution is 2.27. The van der Waals surface area contributed by atoms with Gasteiger partial charge in [-0.15, -0.1) is 0 Å². The van der Waals surface area contributed by atoms with Crippen molar-refractivity contribution in [1.82, 2.24) is 0 Å². The van der Waals surface area contributed by atoms with Crippen LogP contribution in [0.15, 0.2) is 22.7 Å². The zero-order valence-electron chi connectivity index (χ0n) is 8.54. The third-order valence-electron chi connectivity index (χ3n) is 2.06. The Bertz CT molecular complexity index is 350. The summed E-state index contributed by atoms with van der Waals surface area (Å²) in [5.74, 6) is 0. The fourth-order valence-corrected chi connectivity index (χ4v) is 1.79. The van der Waals surface area contributed by atoms with Gasteiger partial charge in [-0.25, -0.2) is 8.78 Å². The van der Waals surface area contributed by atoms with Gasteiger partial charge in [-0.1, -0.05) is 15.9 Å². The van der Waals surface area contributed by atoms with Gasteiger partial charge in [0.15, 0.2) is 0 Å². The molecular weight excluding hydrogens is 282 g/mol. The summed E-state index contributed by atoms with van der Waals surface area (Å²) in [5, 5.41) is 8.82. The van der Waals surface area contributed by atoms with E-state index in [1.807, 2.05) is 0 Å².